The molecule has 3 heterocycles. The molecular formula is C18H16N4OS. The van der Waals surface area contributed by atoms with Gasteiger partial charge in [0.15, 0.2) is 0 Å². The van der Waals surface area contributed by atoms with E-state index in [0.29, 0.717) is 0 Å². The minimum absolute atomic E-state index is 0.806. The van der Waals surface area contributed by atoms with Gasteiger partial charge in [0.25, 0.3) is 0 Å². The molecule has 0 radical (unpaired) electrons. The molecule has 0 spiro atoms. The summed E-state index contributed by atoms with van der Waals surface area (Å²) in [4.78, 5) is 14.2. The molecule has 24 heavy (non-hydrogen) atoms. The number of hydrogen-bond acceptors (Lipinski definition) is 6. The van der Waals surface area contributed by atoms with Crippen LogP contribution < -0.4 is 10.1 Å². The normalized spacial score (nSPS) is 11.0. The molecule has 0 aliphatic heterocycles. The summed E-state index contributed by atoms with van der Waals surface area (Å²) >= 11 is 1.62. The van der Waals surface area contributed by atoms with Gasteiger partial charge in [0.05, 0.1) is 17.3 Å². The molecule has 3 aromatic heterocycles. The quantitative estimate of drug-likeness (QED) is 0.599. The van der Waals surface area contributed by atoms with E-state index in [2.05, 4.69) is 38.5 Å². The molecule has 0 atom stereocenters. The summed E-state index contributed by atoms with van der Waals surface area (Å²) in [6, 6.07) is 12.1. The van der Waals surface area contributed by atoms with Crippen LogP contribution >= 0.6 is 11.3 Å². The Bertz CT molecular complexity index is 981. The smallest absolute Gasteiger partial charge is 0.147 e. The summed E-state index contributed by atoms with van der Waals surface area (Å²) in [5, 5.41) is 4.51. The molecule has 0 aliphatic carbocycles. The topological polar surface area (TPSA) is 59.9 Å². The van der Waals surface area contributed by atoms with E-state index in [1.165, 1.54) is 5.56 Å². The Hall–Kier alpha value is -2.73. The maximum Gasteiger partial charge on any atom is 0.147 e. The van der Waals surface area contributed by atoms with Gasteiger partial charge < -0.3 is 10.1 Å². The number of nitrogens with zero attached hydrogens (tertiary/aromatic N) is 3. The first kappa shape index (κ1) is 14.8. The summed E-state index contributed by atoms with van der Waals surface area (Å²) in [7, 11) is 1.68. The fourth-order valence-electron chi connectivity index (χ4n) is 2.65. The van der Waals surface area contributed by atoms with Crippen LogP contribution in [-0.4, -0.2) is 28.6 Å². The van der Waals surface area contributed by atoms with E-state index in [1.54, 1.807) is 24.8 Å². The maximum atomic E-state index is 5.18. The highest BCUT2D eigenvalue weighted by Crippen LogP contribution is 2.34. The van der Waals surface area contributed by atoms with Crippen molar-refractivity contribution in [1.29, 1.82) is 0 Å². The van der Waals surface area contributed by atoms with Crippen molar-refractivity contribution in [2.24, 2.45) is 0 Å². The van der Waals surface area contributed by atoms with Crippen molar-refractivity contribution in [3.63, 3.8) is 0 Å². The van der Waals surface area contributed by atoms with E-state index < -0.39 is 0 Å². The van der Waals surface area contributed by atoms with Crippen LogP contribution in [0.15, 0.2) is 48.9 Å². The molecule has 0 saturated heterocycles. The molecule has 4 aromatic rings. The highest BCUT2D eigenvalue weighted by Gasteiger charge is 2.11. The van der Waals surface area contributed by atoms with Crippen LogP contribution in [0.5, 0.6) is 5.75 Å². The first-order chi connectivity index (χ1) is 11.8. The molecular weight excluding hydrogens is 320 g/mol. The van der Waals surface area contributed by atoms with E-state index >= 15 is 0 Å². The third-order valence-electron chi connectivity index (χ3n) is 3.89. The number of pyridine rings is 1. The molecule has 6 heteroatoms. The van der Waals surface area contributed by atoms with Crippen molar-refractivity contribution in [3.8, 4) is 5.75 Å². The Labute approximate surface area is 143 Å². The first-order valence-corrected chi connectivity index (χ1v) is 8.52. The van der Waals surface area contributed by atoms with Gasteiger partial charge in [0, 0.05) is 18.1 Å². The molecule has 0 amide bonds. The van der Waals surface area contributed by atoms with Crippen molar-refractivity contribution < 1.29 is 4.74 Å². The van der Waals surface area contributed by atoms with E-state index in [0.717, 1.165) is 45.0 Å². The summed E-state index contributed by atoms with van der Waals surface area (Å²) in [5.74, 6) is 1.75. The lowest BCUT2D eigenvalue weighted by Crippen LogP contribution is -2.06. The fourth-order valence-corrected chi connectivity index (χ4v) is 3.72. The molecule has 1 N–H and O–H groups in total. The number of thiophene rings is 1. The molecule has 0 saturated carbocycles. The van der Waals surface area contributed by atoms with Gasteiger partial charge in [-0.1, -0.05) is 12.1 Å². The molecule has 0 aliphatic rings. The second kappa shape index (κ2) is 6.41. The second-order valence-corrected chi connectivity index (χ2v) is 6.38. The monoisotopic (exact) mass is 336 g/mol. The minimum atomic E-state index is 0.806. The van der Waals surface area contributed by atoms with Crippen molar-refractivity contribution in [3.05, 3.63) is 54.5 Å². The summed E-state index contributed by atoms with van der Waals surface area (Å²) < 4.78 is 6.24. The predicted octanol–water partition coefficient (Wildman–Crippen LogP) is 3.90. The number of nitrogens with one attached hydrogen (secondary N) is 1. The minimum Gasteiger partial charge on any atom is -0.497 e. The van der Waals surface area contributed by atoms with Crippen LogP contribution in [-0.2, 0) is 6.42 Å². The zero-order valence-electron chi connectivity index (χ0n) is 13.2. The maximum absolute atomic E-state index is 5.18. The molecule has 0 fully saturated rings. The Balaban J connectivity index is 1.53. The van der Waals surface area contributed by atoms with Crippen molar-refractivity contribution in [2.45, 2.75) is 6.42 Å². The van der Waals surface area contributed by atoms with Crippen LogP contribution in [0, 0.1) is 0 Å². The standard InChI is InChI=1S/C18H16N4OS/c1-23-13-6-4-12(5-7-13)8-10-19-17-16-15(21-11-22-17)14-3-2-9-20-18(14)24-16/h2-7,9,11H,8,10H2,1H3,(H,19,21,22). The van der Waals surface area contributed by atoms with Crippen molar-refractivity contribution in [1.82, 2.24) is 15.0 Å². The van der Waals surface area contributed by atoms with E-state index in [4.69, 9.17) is 4.74 Å². The Kier molecular flexibility index (Phi) is 3.96. The number of methoxy groups -OCH3 is 1. The second-order valence-electron chi connectivity index (χ2n) is 5.38. The number of aromatic nitrogens is 3. The number of hydrogen-bond donors (Lipinski definition) is 1. The van der Waals surface area contributed by atoms with Crippen LogP contribution in [0.2, 0.25) is 0 Å². The SMILES string of the molecule is COc1ccc(CCNc2ncnc3c2sc2ncccc23)cc1. The van der Waals surface area contributed by atoms with Gasteiger partial charge in [-0.05, 0) is 36.2 Å². The van der Waals surface area contributed by atoms with Gasteiger partial charge in [0.1, 0.15) is 22.7 Å². The van der Waals surface area contributed by atoms with Crippen LogP contribution in [0.25, 0.3) is 20.4 Å². The summed E-state index contributed by atoms with van der Waals surface area (Å²) in [5.41, 5.74) is 2.22. The Morgan fingerprint density at radius 3 is 2.79 bits per heavy atom. The third kappa shape index (κ3) is 2.76. The van der Waals surface area contributed by atoms with Gasteiger partial charge in [-0.15, -0.1) is 11.3 Å². The molecule has 120 valence electrons. The van der Waals surface area contributed by atoms with E-state index in [1.807, 2.05) is 24.4 Å². The van der Waals surface area contributed by atoms with E-state index in [-0.39, 0.29) is 0 Å². The Morgan fingerprint density at radius 1 is 1.08 bits per heavy atom. The largest absolute Gasteiger partial charge is 0.497 e. The average molecular weight is 336 g/mol. The number of rotatable bonds is 5. The van der Waals surface area contributed by atoms with Gasteiger partial charge in [-0.3, -0.25) is 0 Å². The molecule has 0 bridgehead atoms. The van der Waals surface area contributed by atoms with Crippen molar-refractivity contribution in [2.75, 3.05) is 19.0 Å². The number of benzene rings is 1. The average Bonchev–Trinajstić information content (AvgIpc) is 3.02. The molecule has 0 unspecified atom stereocenters. The lowest BCUT2D eigenvalue weighted by atomic mass is 10.1. The van der Waals surface area contributed by atoms with Crippen LogP contribution in [0.1, 0.15) is 5.56 Å². The number of fused-ring (bicyclic) bond motifs is 3. The highest BCUT2D eigenvalue weighted by molar-refractivity contribution is 7.25. The van der Waals surface area contributed by atoms with Gasteiger partial charge in [-0.25, -0.2) is 15.0 Å². The van der Waals surface area contributed by atoms with Gasteiger partial charge in [-0.2, -0.15) is 0 Å². The lowest BCUT2D eigenvalue weighted by molar-refractivity contribution is 0.414. The highest BCUT2D eigenvalue weighted by atomic mass is 32.1. The van der Waals surface area contributed by atoms with E-state index in [9.17, 15) is 0 Å². The zero-order valence-corrected chi connectivity index (χ0v) is 14.0. The fraction of sp³-hybridized carbons (Fsp3) is 0.167. The van der Waals surface area contributed by atoms with Crippen molar-refractivity contribution >= 4 is 37.6 Å². The first-order valence-electron chi connectivity index (χ1n) is 7.70. The molecule has 1 aromatic carbocycles. The lowest BCUT2D eigenvalue weighted by Gasteiger charge is -2.07. The van der Waals surface area contributed by atoms with Crippen LogP contribution in [0.3, 0.4) is 0 Å². The summed E-state index contributed by atoms with van der Waals surface area (Å²) in [6.07, 6.45) is 4.33. The van der Waals surface area contributed by atoms with Gasteiger partial charge >= 0.3 is 0 Å². The zero-order chi connectivity index (χ0) is 16.4. The summed E-state index contributed by atoms with van der Waals surface area (Å²) in [6.45, 7) is 0.806. The third-order valence-corrected chi connectivity index (χ3v) is 5.00. The molecule has 4 rings (SSSR count). The number of anilines is 1. The number of ether oxygens (including phenoxy) is 1. The van der Waals surface area contributed by atoms with Gasteiger partial charge in [0.2, 0.25) is 0 Å². The molecule has 5 nitrogen and oxygen atoms in total. The Morgan fingerprint density at radius 2 is 1.96 bits per heavy atom. The predicted molar refractivity (Wildman–Crippen MR) is 97.9 cm³/mol. The van der Waals surface area contributed by atoms with Crippen LogP contribution in [0.4, 0.5) is 5.82 Å².